The van der Waals surface area contributed by atoms with E-state index in [2.05, 4.69) is 33.8 Å². The number of benzene rings is 1. The molecule has 1 aromatic carbocycles. The molecule has 0 aliphatic carbocycles. The number of anilines is 1. The van der Waals surface area contributed by atoms with E-state index in [0.717, 1.165) is 23.1 Å². The van der Waals surface area contributed by atoms with Gasteiger partial charge in [0, 0.05) is 34.1 Å². The summed E-state index contributed by atoms with van der Waals surface area (Å²) in [7, 11) is 0. The van der Waals surface area contributed by atoms with Gasteiger partial charge in [-0.15, -0.1) is 0 Å². The number of rotatable bonds is 2. The number of halogens is 1. The van der Waals surface area contributed by atoms with E-state index in [0.29, 0.717) is 10.2 Å². The maximum Gasteiger partial charge on any atom is 0.104 e. The third-order valence-corrected chi connectivity index (χ3v) is 4.82. The lowest BCUT2D eigenvalue weighted by molar-refractivity contribution is 0.781. The highest BCUT2D eigenvalue weighted by atomic mass is 79.9. The van der Waals surface area contributed by atoms with Crippen molar-refractivity contribution in [3.05, 3.63) is 28.2 Å². The fourth-order valence-corrected chi connectivity index (χ4v) is 3.72. The van der Waals surface area contributed by atoms with Gasteiger partial charge in [-0.2, -0.15) is 11.8 Å². The van der Waals surface area contributed by atoms with E-state index in [9.17, 15) is 0 Å². The standard InChI is InChI=1S/C12H15BrN2S2/c1-8-7-15(4-5-17-8)11-3-2-9(12(14)16)6-10(11)13/h2-3,6,8H,4-5,7H2,1H3,(H2,14,16). The lowest BCUT2D eigenvalue weighted by atomic mass is 10.2. The van der Waals surface area contributed by atoms with Gasteiger partial charge in [0.05, 0.1) is 5.69 Å². The normalized spacial score (nSPS) is 20.4. The molecule has 0 saturated carbocycles. The van der Waals surface area contributed by atoms with E-state index >= 15 is 0 Å². The summed E-state index contributed by atoms with van der Waals surface area (Å²) < 4.78 is 1.07. The third kappa shape index (κ3) is 3.14. The molecule has 0 aromatic heterocycles. The van der Waals surface area contributed by atoms with Crippen LogP contribution in [0.1, 0.15) is 12.5 Å². The number of thioether (sulfide) groups is 1. The predicted octanol–water partition coefficient (Wildman–Crippen LogP) is 3.03. The van der Waals surface area contributed by atoms with Crippen LogP contribution in [0.5, 0.6) is 0 Å². The smallest absolute Gasteiger partial charge is 0.104 e. The Labute approximate surface area is 120 Å². The van der Waals surface area contributed by atoms with E-state index in [1.54, 1.807) is 0 Å². The minimum absolute atomic E-state index is 0.444. The Balaban J connectivity index is 2.23. The number of nitrogens with zero attached hydrogens (tertiary/aromatic N) is 1. The van der Waals surface area contributed by atoms with E-state index < -0.39 is 0 Å². The molecule has 17 heavy (non-hydrogen) atoms. The highest BCUT2D eigenvalue weighted by molar-refractivity contribution is 9.10. The SMILES string of the molecule is CC1CN(c2ccc(C(N)=S)cc2Br)CCS1. The van der Waals surface area contributed by atoms with Crippen LogP contribution in [0.15, 0.2) is 22.7 Å². The highest BCUT2D eigenvalue weighted by Gasteiger charge is 2.18. The monoisotopic (exact) mass is 330 g/mol. The molecule has 5 heteroatoms. The van der Waals surface area contributed by atoms with Crippen molar-refractivity contribution in [3.8, 4) is 0 Å². The molecule has 1 saturated heterocycles. The molecule has 1 aliphatic rings. The molecule has 1 heterocycles. The van der Waals surface area contributed by atoms with Crippen LogP contribution in [0, 0.1) is 0 Å². The van der Waals surface area contributed by atoms with Crippen molar-refractivity contribution < 1.29 is 0 Å². The average Bonchev–Trinajstić information content (AvgIpc) is 2.28. The minimum atomic E-state index is 0.444. The highest BCUT2D eigenvalue weighted by Crippen LogP contribution is 2.30. The third-order valence-electron chi connectivity index (χ3n) is 2.81. The van der Waals surface area contributed by atoms with Crippen LogP contribution in [0.3, 0.4) is 0 Å². The van der Waals surface area contributed by atoms with Crippen LogP contribution in [0.2, 0.25) is 0 Å². The van der Waals surface area contributed by atoms with Crippen molar-refractivity contribution in [1.82, 2.24) is 0 Å². The molecule has 1 aliphatic heterocycles. The zero-order valence-corrected chi connectivity index (χ0v) is 12.9. The summed E-state index contributed by atoms with van der Waals surface area (Å²) in [6, 6.07) is 6.10. The Hall–Kier alpha value is -0.260. The zero-order valence-electron chi connectivity index (χ0n) is 9.65. The van der Waals surface area contributed by atoms with Crippen LogP contribution >= 0.6 is 39.9 Å². The average molecular weight is 331 g/mol. The molecule has 0 radical (unpaired) electrons. The molecule has 1 fully saturated rings. The molecule has 0 amide bonds. The topological polar surface area (TPSA) is 29.3 Å². The van der Waals surface area contributed by atoms with Crippen molar-refractivity contribution in [1.29, 1.82) is 0 Å². The Morgan fingerprint density at radius 1 is 1.59 bits per heavy atom. The summed E-state index contributed by atoms with van der Waals surface area (Å²) in [6.45, 7) is 4.46. The second kappa shape index (κ2) is 5.59. The van der Waals surface area contributed by atoms with E-state index in [-0.39, 0.29) is 0 Å². The first-order chi connectivity index (χ1) is 8.08. The van der Waals surface area contributed by atoms with Gasteiger partial charge in [0.2, 0.25) is 0 Å². The summed E-state index contributed by atoms with van der Waals surface area (Å²) in [4.78, 5) is 2.86. The summed E-state index contributed by atoms with van der Waals surface area (Å²) in [5.74, 6) is 1.19. The Morgan fingerprint density at radius 3 is 2.94 bits per heavy atom. The molecule has 0 bridgehead atoms. The van der Waals surface area contributed by atoms with Crippen molar-refractivity contribution in [2.75, 3.05) is 23.7 Å². The molecule has 1 unspecified atom stereocenters. The van der Waals surface area contributed by atoms with Gasteiger partial charge in [0.15, 0.2) is 0 Å². The van der Waals surface area contributed by atoms with Crippen LogP contribution in [0.4, 0.5) is 5.69 Å². The maximum absolute atomic E-state index is 5.63. The molecular formula is C12H15BrN2S2. The van der Waals surface area contributed by atoms with Crippen LogP contribution in [0.25, 0.3) is 0 Å². The lowest BCUT2D eigenvalue weighted by Gasteiger charge is -2.33. The van der Waals surface area contributed by atoms with Gasteiger partial charge in [-0.1, -0.05) is 19.1 Å². The van der Waals surface area contributed by atoms with Gasteiger partial charge in [0.25, 0.3) is 0 Å². The largest absolute Gasteiger partial charge is 0.389 e. The number of nitrogens with two attached hydrogens (primary N) is 1. The van der Waals surface area contributed by atoms with Gasteiger partial charge in [-0.3, -0.25) is 0 Å². The molecule has 0 spiro atoms. The van der Waals surface area contributed by atoms with Crippen LogP contribution < -0.4 is 10.6 Å². The molecule has 92 valence electrons. The maximum atomic E-state index is 5.63. The van der Waals surface area contributed by atoms with Crippen molar-refractivity contribution in [2.45, 2.75) is 12.2 Å². The Kier molecular flexibility index (Phi) is 4.33. The second-order valence-electron chi connectivity index (χ2n) is 4.16. The first-order valence-electron chi connectivity index (χ1n) is 5.54. The minimum Gasteiger partial charge on any atom is -0.389 e. The first kappa shape index (κ1) is 13.2. The van der Waals surface area contributed by atoms with Crippen LogP contribution in [-0.2, 0) is 0 Å². The Morgan fingerprint density at radius 2 is 2.35 bits per heavy atom. The molecular weight excluding hydrogens is 316 g/mol. The Bertz CT molecular complexity index is 437. The fraction of sp³-hybridized carbons (Fsp3) is 0.417. The summed E-state index contributed by atoms with van der Waals surface area (Å²) in [5, 5.41) is 0.686. The number of thiocarbonyl (C=S) groups is 1. The van der Waals surface area contributed by atoms with E-state index in [1.807, 2.05) is 23.9 Å². The summed E-state index contributed by atoms with van der Waals surface area (Å²) in [6.07, 6.45) is 0. The second-order valence-corrected chi connectivity index (χ2v) is 7.00. The van der Waals surface area contributed by atoms with Gasteiger partial charge < -0.3 is 10.6 Å². The quantitative estimate of drug-likeness (QED) is 0.844. The van der Waals surface area contributed by atoms with Gasteiger partial charge >= 0.3 is 0 Å². The van der Waals surface area contributed by atoms with Crippen molar-refractivity contribution in [3.63, 3.8) is 0 Å². The molecule has 1 aromatic rings. The number of hydrogen-bond donors (Lipinski definition) is 1. The van der Waals surface area contributed by atoms with Gasteiger partial charge in [-0.05, 0) is 34.1 Å². The van der Waals surface area contributed by atoms with Crippen molar-refractivity contribution in [2.24, 2.45) is 5.73 Å². The molecule has 2 N–H and O–H groups in total. The van der Waals surface area contributed by atoms with Crippen molar-refractivity contribution >= 4 is 50.6 Å². The fourth-order valence-electron chi connectivity index (χ4n) is 1.95. The van der Waals surface area contributed by atoms with Crippen LogP contribution in [-0.4, -0.2) is 29.1 Å². The predicted molar refractivity (Wildman–Crippen MR) is 84.2 cm³/mol. The van der Waals surface area contributed by atoms with E-state index in [1.165, 1.54) is 11.4 Å². The molecule has 2 rings (SSSR count). The van der Waals surface area contributed by atoms with Gasteiger partial charge in [0.1, 0.15) is 4.99 Å². The zero-order chi connectivity index (χ0) is 12.4. The van der Waals surface area contributed by atoms with E-state index in [4.69, 9.17) is 18.0 Å². The van der Waals surface area contributed by atoms with Gasteiger partial charge in [-0.25, -0.2) is 0 Å². The first-order valence-corrected chi connectivity index (χ1v) is 7.79. The molecule has 1 atom stereocenters. The lowest BCUT2D eigenvalue weighted by Crippen LogP contribution is -2.36. The molecule has 2 nitrogen and oxygen atoms in total. The number of hydrogen-bond acceptors (Lipinski definition) is 3. The summed E-state index contributed by atoms with van der Waals surface area (Å²) >= 11 is 10.6. The summed E-state index contributed by atoms with van der Waals surface area (Å²) in [5.41, 5.74) is 7.77.